The van der Waals surface area contributed by atoms with Crippen LogP contribution in [0.4, 0.5) is 16.2 Å². The number of nitriles is 1. The van der Waals surface area contributed by atoms with Gasteiger partial charge >= 0.3 is 6.09 Å². The molecule has 0 saturated carbocycles. The number of nitrogens with one attached hydrogen (secondary N) is 2. The van der Waals surface area contributed by atoms with Gasteiger partial charge in [0.25, 0.3) is 5.56 Å². The molecule has 9 nitrogen and oxygen atoms in total. The predicted molar refractivity (Wildman–Crippen MR) is 132 cm³/mol. The first-order valence-electron chi connectivity index (χ1n) is 11.3. The van der Waals surface area contributed by atoms with Crippen molar-refractivity contribution >= 4 is 23.3 Å². The van der Waals surface area contributed by atoms with E-state index in [1.54, 1.807) is 11.0 Å². The van der Waals surface area contributed by atoms with Crippen LogP contribution in [-0.4, -0.2) is 46.0 Å². The fourth-order valence-electron chi connectivity index (χ4n) is 3.96. The van der Waals surface area contributed by atoms with E-state index in [1.807, 2.05) is 52.0 Å². The van der Waals surface area contributed by atoms with Crippen molar-refractivity contribution in [2.45, 2.75) is 58.1 Å². The standard InChI is InChI=1S/C25H32N6O3/c1-17-6-5-7-18(16-17)29-21(27)20-19(8-13-28-22(20)32)30-25(9-12-26)10-14-31(15-11-25)23(33)34-24(2,3)4/h5-8,13,16H,9-11,14-15H2,1-4H3,(H2,27,29)(H2,28,30,32). The minimum Gasteiger partial charge on any atom is -0.444 e. The van der Waals surface area contributed by atoms with Gasteiger partial charge in [-0.2, -0.15) is 5.26 Å². The molecule has 0 radical (unpaired) electrons. The molecule has 2 heterocycles. The van der Waals surface area contributed by atoms with Crippen molar-refractivity contribution in [3.63, 3.8) is 0 Å². The highest BCUT2D eigenvalue weighted by atomic mass is 16.6. The van der Waals surface area contributed by atoms with Crippen LogP contribution < -0.4 is 16.6 Å². The maximum Gasteiger partial charge on any atom is 0.410 e. The Balaban J connectivity index is 1.86. The average Bonchev–Trinajstić information content (AvgIpc) is 2.73. The number of ether oxygens (including phenoxy) is 1. The maximum absolute atomic E-state index is 12.7. The molecule has 180 valence electrons. The Morgan fingerprint density at radius 2 is 2.03 bits per heavy atom. The molecule has 1 saturated heterocycles. The lowest BCUT2D eigenvalue weighted by atomic mass is 9.84. The molecule has 1 aliphatic rings. The summed E-state index contributed by atoms with van der Waals surface area (Å²) in [5.41, 5.74) is 7.08. The molecule has 0 aliphatic carbocycles. The number of hydrogen-bond donors (Lipinski definition) is 3. The molecule has 4 N–H and O–H groups in total. The van der Waals surface area contributed by atoms with Crippen LogP contribution in [0.5, 0.6) is 0 Å². The normalized spacial score (nSPS) is 16.0. The zero-order valence-electron chi connectivity index (χ0n) is 20.1. The molecule has 2 aromatic rings. The van der Waals surface area contributed by atoms with Crippen molar-refractivity contribution in [2.24, 2.45) is 10.7 Å². The van der Waals surface area contributed by atoms with Crippen molar-refractivity contribution in [1.29, 1.82) is 5.26 Å². The number of nitrogens with two attached hydrogens (primary N) is 1. The lowest BCUT2D eigenvalue weighted by Gasteiger charge is -2.42. The highest BCUT2D eigenvalue weighted by Crippen LogP contribution is 2.31. The molecule has 0 spiro atoms. The predicted octanol–water partition coefficient (Wildman–Crippen LogP) is 3.82. The van der Waals surface area contributed by atoms with Gasteiger partial charge in [0.2, 0.25) is 0 Å². The summed E-state index contributed by atoms with van der Waals surface area (Å²) in [6.45, 7) is 8.28. The van der Waals surface area contributed by atoms with E-state index >= 15 is 0 Å². The largest absolute Gasteiger partial charge is 0.444 e. The number of rotatable bonds is 5. The van der Waals surface area contributed by atoms with Crippen LogP contribution in [0.2, 0.25) is 0 Å². The molecule has 9 heteroatoms. The first kappa shape index (κ1) is 24.8. The molecule has 1 aromatic heterocycles. The van der Waals surface area contributed by atoms with Crippen molar-refractivity contribution in [3.05, 3.63) is 58.0 Å². The van der Waals surface area contributed by atoms with Gasteiger partial charge in [-0.25, -0.2) is 9.79 Å². The second-order valence-corrected chi connectivity index (χ2v) is 9.64. The number of anilines is 1. The van der Waals surface area contributed by atoms with Crippen LogP contribution in [0.3, 0.4) is 0 Å². The van der Waals surface area contributed by atoms with E-state index in [2.05, 4.69) is 21.4 Å². The summed E-state index contributed by atoms with van der Waals surface area (Å²) in [5.74, 6) is 0.0771. The SMILES string of the molecule is Cc1cccc(N=C(N)c2c(NC3(CC#N)CCN(C(=O)OC(C)(C)C)CC3)cc[nH]c2=O)c1. The van der Waals surface area contributed by atoms with E-state index < -0.39 is 11.1 Å². The van der Waals surface area contributed by atoms with Crippen LogP contribution in [-0.2, 0) is 4.74 Å². The maximum atomic E-state index is 12.7. The van der Waals surface area contributed by atoms with Crippen LogP contribution in [0.25, 0.3) is 0 Å². The fraction of sp³-hybridized carbons (Fsp3) is 0.440. The summed E-state index contributed by atoms with van der Waals surface area (Å²) in [6.07, 6.45) is 2.40. The number of likely N-dealkylation sites (tertiary alicyclic amines) is 1. The summed E-state index contributed by atoms with van der Waals surface area (Å²) in [6, 6.07) is 11.5. The third-order valence-electron chi connectivity index (χ3n) is 5.66. The number of benzene rings is 1. The number of aromatic amines is 1. The number of aliphatic imine (C=N–C) groups is 1. The molecule has 0 unspecified atom stereocenters. The summed E-state index contributed by atoms with van der Waals surface area (Å²) < 4.78 is 5.48. The van der Waals surface area contributed by atoms with Gasteiger partial charge in [0, 0.05) is 19.3 Å². The number of carbonyl (C=O) groups excluding carboxylic acids is 1. The van der Waals surface area contributed by atoms with Crippen molar-refractivity contribution in [1.82, 2.24) is 9.88 Å². The third kappa shape index (κ3) is 6.16. The number of pyridine rings is 1. The molecule has 1 aliphatic heterocycles. The number of carbonyl (C=O) groups is 1. The Morgan fingerprint density at radius 3 is 2.65 bits per heavy atom. The highest BCUT2D eigenvalue weighted by Gasteiger charge is 2.38. The number of piperidine rings is 1. The Kier molecular flexibility index (Phi) is 7.30. The Morgan fingerprint density at radius 1 is 1.32 bits per heavy atom. The molecular formula is C25H32N6O3. The Hall–Kier alpha value is -3.80. The van der Waals surface area contributed by atoms with E-state index in [4.69, 9.17) is 10.5 Å². The summed E-state index contributed by atoms with van der Waals surface area (Å²) in [4.78, 5) is 33.9. The molecule has 0 bridgehead atoms. The minimum absolute atomic E-state index is 0.0771. The zero-order chi connectivity index (χ0) is 24.9. The summed E-state index contributed by atoms with van der Waals surface area (Å²) >= 11 is 0. The van der Waals surface area contributed by atoms with E-state index in [0.29, 0.717) is 37.3 Å². The lowest BCUT2D eigenvalue weighted by molar-refractivity contribution is 0.0179. The number of aromatic nitrogens is 1. The molecule has 1 fully saturated rings. The van der Waals surface area contributed by atoms with Gasteiger partial charge in [-0.15, -0.1) is 0 Å². The van der Waals surface area contributed by atoms with E-state index in [1.165, 1.54) is 6.20 Å². The molecule has 0 atom stereocenters. The van der Waals surface area contributed by atoms with Gasteiger partial charge in [0.05, 0.1) is 29.4 Å². The Bertz CT molecular complexity index is 1160. The number of amidine groups is 1. The summed E-state index contributed by atoms with van der Waals surface area (Å²) in [5, 5.41) is 12.9. The highest BCUT2D eigenvalue weighted by molar-refractivity contribution is 6.03. The van der Waals surface area contributed by atoms with Gasteiger partial charge in [-0.3, -0.25) is 4.79 Å². The Labute approximate surface area is 199 Å². The first-order valence-corrected chi connectivity index (χ1v) is 11.3. The first-order chi connectivity index (χ1) is 16.0. The van der Waals surface area contributed by atoms with E-state index in [9.17, 15) is 14.9 Å². The fourth-order valence-corrected chi connectivity index (χ4v) is 3.96. The van der Waals surface area contributed by atoms with Crippen LogP contribution in [0.1, 0.15) is 51.2 Å². The van der Waals surface area contributed by atoms with Gasteiger partial charge in [0.15, 0.2) is 0 Å². The van der Waals surface area contributed by atoms with Gasteiger partial charge < -0.3 is 25.7 Å². The van der Waals surface area contributed by atoms with Gasteiger partial charge in [-0.05, 0) is 64.3 Å². The zero-order valence-corrected chi connectivity index (χ0v) is 20.1. The smallest absolute Gasteiger partial charge is 0.410 e. The van der Waals surface area contributed by atoms with Crippen LogP contribution >= 0.6 is 0 Å². The van der Waals surface area contributed by atoms with Crippen molar-refractivity contribution in [2.75, 3.05) is 18.4 Å². The van der Waals surface area contributed by atoms with Crippen LogP contribution in [0, 0.1) is 18.3 Å². The molecular weight excluding hydrogens is 432 g/mol. The number of amides is 1. The van der Waals surface area contributed by atoms with E-state index in [-0.39, 0.29) is 29.5 Å². The van der Waals surface area contributed by atoms with Gasteiger partial charge in [0.1, 0.15) is 17.0 Å². The molecule has 3 rings (SSSR count). The summed E-state index contributed by atoms with van der Waals surface area (Å²) in [7, 11) is 0. The quantitative estimate of drug-likeness (QED) is 0.454. The topological polar surface area (TPSA) is 137 Å². The second-order valence-electron chi connectivity index (χ2n) is 9.64. The minimum atomic E-state index is -0.626. The molecule has 34 heavy (non-hydrogen) atoms. The van der Waals surface area contributed by atoms with E-state index in [0.717, 1.165) is 5.56 Å². The van der Waals surface area contributed by atoms with Crippen molar-refractivity contribution < 1.29 is 9.53 Å². The van der Waals surface area contributed by atoms with Gasteiger partial charge in [-0.1, -0.05) is 12.1 Å². The lowest BCUT2D eigenvalue weighted by Crippen LogP contribution is -2.52. The number of H-pyrrole nitrogens is 1. The molecule has 1 amide bonds. The second kappa shape index (κ2) is 10.00. The van der Waals surface area contributed by atoms with Crippen molar-refractivity contribution in [3.8, 4) is 6.07 Å². The number of aryl methyl sites for hydroxylation is 1. The average molecular weight is 465 g/mol. The third-order valence-corrected chi connectivity index (χ3v) is 5.66. The monoisotopic (exact) mass is 464 g/mol. The molecule has 1 aromatic carbocycles. The number of hydrogen-bond acceptors (Lipinski definition) is 6. The number of nitrogens with zero attached hydrogens (tertiary/aromatic N) is 3. The van der Waals surface area contributed by atoms with Crippen LogP contribution in [0.15, 0.2) is 46.3 Å².